The Hall–Kier alpha value is -2.37. The highest BCUT2D eigenvalue weighted by Gasteiger charge is 2.22. The summed E-state index contributed by atoms with van der Waals surface area (Å²) in [6.07, 6.45) is 7.61. The normalized spacial score (nSPS) is 14.3. The Labute approximate surface area is 130 Å². The fourth-order valence-electron chi connectivity index (χ4n) is 2.77. The first-order valence-electron chi connectivity index (χ1n) is 7.77. The first kappa shape index (κ1) is 14.6. The number of pyridine rings is 1. The van der Waals surface area contributed by atoms with Crippen molar-refractivity contribution in [2.24, 2.45) is 0 Å². The summed E-state index contributed by atoms with van der Waals surface area (Å²) in [5.74, 6) is 1.63. The third-order valence-electron chi connectivity index (χ3n) is 3.99. The molecule has 1 aliphatic heterocycles. The predicted molar refractivity (Wildman–Crippen MR) is 84.6 cm³/mol. The molecular formula is C16H21N5O. The van der Waals surface area contributed by atoms with Gasteiger partial charge in [-0.2, -0.15) is 0 Å². The van der Waals surface area contributed by atoms with Gasteiger partial charge in [0.25, 0.3) is 5.91 Å². The quantitative estimate of drug-likeness (QED) is 0.919. The van der Waals surface area contributed by atoms with Crippen LogP contribution < -0.4 is 5.32 Å². The van der Waals surface area contributed by atoms with Gasteiger partial charge in [0.05, 0.1) is 12.1 Å². The van der Waals surface area contributed by atoms with Crippen LogP contribution in [0, 0.1) is 0 Å². The van der Waals surface area contributed by atoms with Gasteiger partial charge in [0.2, 0.25) is 0 Å². The Morgan fingerprint density at radius 1 is 1.27 bits per heavy atom. The standard InChI is InChI=1S/C16H21N5O/c1-2-20-11-8-17-14(20)12-19-15-13(6-5-7-18-15)16(22)21-9-3-4-10-21/h5-8,11H,2-4,9-10,12H2,1H3,(H,18,19). The van der Waals surface area contributed by atoms with E-state index in [2.05, 4.69) is 26.8 Å². The molecule has 0 spiro atoms. The number of nitrogens with zero attached hydrogens (tertiary/aromatic N) is 4. The van der Waals surface area contributed by atoms with Crippen LogP contribution in [0.2, 0.25) is 0 Å². The number of hydrogen-bond donors (Lipinski definition) is 1. The summed E-state index contributed by atoms with van der Waals surface area (Å²) < 4.78 is 2.07. The number of amides is 1. The van der Waals surface area contributed by atoms with E-state index < -0.39 is 0 Å². The van der Waals surface area contributed by atoms with Crippen LogP contribution in [0.25, 0.3) is 0 Å². The van der Waals surface area contributed by atoms with Crippen LogP contribution in [0.3, 0.4) is 0 Å². The van der Waals surface area contributed by atoms with Crippen molar-refractivity contribution in [3.63, 3.8) is 0 Å². The van der Waals surface area contributed by atoms with E-state index in [0.717, 1.165) is 38.3 Å². The van der Waals surface area contributed by atoms with Gasteiger partial charge in [-0.1, -0.05) is 0 Å². The highest BCUT2D eigenvalue weighted by atomic mass is 16.2. The maximum Gasteiger partial charge on any atom is 0.257 e. The van der Waals surface area contributed by atoms with Crippen molar-refractivity contribution >= 4 is 11.7 Å². The van der Waals surface area contributed by atoms with Crippen LogP contribution in [0.4, 0.5) is 5.82 Å². The van der Waals surface area contributed by atoms with Crippen LogP contribution in [0.1, 0.15) is 35.9 Å². The Morgan fingerprint density at radius 2 is 2.09 bits per heavy atom. The Morgan fingerprint density at radius 3 is 2.86 bits per heavy atom. The van der Waals surface area contributed by atoms with Crippen LogP contribution in [-0.4, -0.2) is 38.4 Å². The number of nitrogens with one attached hydrogen (secondary N) is 1. The summed E-state index contributed by atoms with van der Waals surface area (Å²) in [5.41, 5.74) is 0.638. The zero-order valence-electron chi connectivity index (χ0n) is 12.8. The van der Waals surface area contributed by atoms with E-state index in [9.17, 15) is 4.79 Å². The van der Waals surface area contributed by atoms with E-state index in [1.54, 1.807) is 12.4 Å². The number of carbonyl (C=O) groups excluding carboxylic acids is 1. The van der Waals surface area contributed by atoms with Gasteiger partial charge >= 0.3 is 0 Å². The summed E-state index contributed by atoms with van der Waals surface area (Å²) in [7, 11) is 0. The minimum absolute atomic E-state index is 0.0620. The van der Waals surface area contributed by atoms with Crippen molar-refractivity contribution in [1.82, 2.24) is 19.4 Å². The van der Waals surface area contributed by atoms with Crippen molar-refractivity contribution < 1.29 is 4.79 Å². The van der Waals surface area contributed by atoms with Crippen LogP contribution >= 0.6 is 0 Å². The molecule has 0 aliphatic carbocycles. The van der Waals surface area contributed by atoms with Crippen molar-refractivity contribution in [3.05, 3.63) is 42.1 Å². The van der Waals surface area contributed by atoms with Crippen LogP contribution in [-0.2, 0) is 13.1 Å². The van der Waals surface area contributed by atoms with E-state index in [1.165, 1.54) is 0 Å². The topological polar surface area (TPSA) is 63.1 Å². The van der Waals surface area contributed by atoms with Crippen molar-refractivity contribution in [1.29, 1.82) is 0 Å². The molecule has 6 nitrogen and oxygen atoms in total. The molecule has 6 heteroatoms. The lowest BCUT2D eigenvalue weighted by Gasteiger charge is -2.17. The molecule has 22 heavy (non-hydrogen) atoms. The molecule has 1 fully saturated rings. The molecule has 1 N–H and O–H groups in total. The number of rotatable bonds is 5. The summed E-state index contributed by atoms with van der Waals surface area (Å²) >= 11 is 0. The van der Waals surface area contributed by atoms with Gasteiger partial charge in [0.15, 0.2) is 0 Å². The van der Waals surface area contributed by atoms with Crippen molar-refractivity contribution in [3.8, 4) is 0 Å². The number of aryl methyl sites for hydroxylation is 1. The van der Waals surface area contributed by atoms with Gasteiger partial charge in [0.1, 0.15) is 11.6 Å². The Balaban J connectivity index is 1.75. The molecule has 1 aliphatic rings. The Kier molecular flexibility index (Phi) is 4.37. The number of anilines is 1. The summed E-state index contributed by atoms with van der Waals surface area (Å²) in [5, 5.41) is 3.25. The molecular weight excluding hydrogens is 278 g/mol. The fraction of sp³-hybridized carbons (Fsp3) is 0.438. The van der Waals surface area contributed by atoms with Crippen molar-refractivity contribution in [2.45, 2.75) is 32.9 Å². The summed E-state index contributed by atoms with van der Waals surface area (Å²) in [6.45, 7) is 5.19. The molecule has 0 unspecified atom stereocenters. The second-order valence-corrected chi connectivity index (χ2v) is 5.38. The van der Waals surface area contributed by atoms with Gasteiger partial charge in [0, 0.05) is 38.2 Å². The average Bonchev–Trinajstić information content (AvgIpc) is 3.23. The maximum atomic E-state index is 12.6. The number of aromatic nitrogens is 3. The second kappa shape index (κ2) is 6.60. The third-order valence-corrected chi connectivity index (χ3v) is 3.99. The van der Waals surface area contributed by atoms with Gasteiger partial charge in [-0.05, 0) is 31.9 Å². The third kappa shape index (κ3) is 2.95. The minimum atomic E-state index is 0.0620. The molecule has 1 saturated heterocycles. The molecule has 2 aromatic heterocycles. The lowest BCUT2D eigenvalue weighted by Crippen LogP contribution is -2.28. The van der Waals surface area contributed by atoms with Crippen LogP contribution in [0.5, 0.6) is 0 Å². The molecule has 3 rings (SSSR count). The zero-order chi connectivity index (χ0) is 15.4. The van der Waals surface area contributed by atoms with Crippen molar-refractivity contribution in [2.75, 3.05) is 18.4 Å². The smallest absolute Gasteiger partial charge is 0.257 e. The van der Waals surface area contributed by atoms with E-state index in [0.29, 0.717) is 17.9 Å². The first-order chi connectivity index (χ1) is 10.8. The second-order valence-electron chi connectivity index (χ2n) is 5.38. The highest BCUT2D eigenvalue weighted by molar-refractivity contribution is 5.98. The zero-order valence-corrected chi connectivity index (χ0v) is 12.8. The van der Waals surface area contributed by atoms with Crippen LogP contribution in [0.15, 0.2) is 30.7 Å². The average molecular weight is 299 g/mol. The minimum Gasteiger partial charge on any atom is -0.362 e. The predicted octanol–water partition coefficient (Wildman–Crippen LogP) is 2.15. The molecule has 0 atom stereocenters. The van der Waals surface area contributed by atoms with Gasteiger partial charge in [-0.25, -0.2) is 9.97 Å². The van der Waals surface area contributed by atoms with Gasteiger partial charge < -0.3 is 14.8 Å². The maximum absolute atomic E-state index is 12.6. The monoisotopic (exact) mass is 299 g/mol. The van der Waals surface area contributed by atoms with E-state index in [1.807, 2.05) is 23.2 Å². The first-order valence-corrected chi connectivity index (χ1v) is 7.77. The molecule has 0 saturated carbocycles. The van der Waals surface area contributed by atoms with E-state index in [-0.39, 0.29) is 5.91 Å². The fourth-order valence-corrected chi connectivity index (χ4v) is 2.77. The molecule has 0 bridgehead atoms. The molecule has 116 valence electrons. The largest absolute Gasteiger partial charge is 0.362 e. The van der Waals surface area contributed by atoms with Gasteiger partial charge in [-0.3, -0.25) is 4.79 Å². The van der Waals surface area contributed by atoms with Gasteiger partial charge in [-0.15, -0.1) is 0 Å². The molecule has 0 radical (unpaired) electrons. The number of carbonyl (C=O) groups is 1. The number of imidazole rings is 1. The SMILES string of the molecule is CCn1ccnc1CNc1ncccc1C(=O)N1CCCC1. The summed E-state index contributed by atoms with van der Waals surface area (Å²) in [4.78, 5) is 23.1. The number of hydrogen-bond acceptors (Lipinski definition) is 4. The highest BCUT2D eigenvalue weighted by Crippen LogP contribution is 2.18. The molecule has 2 aromatic rings. The van der Waals surface area contributed by atoms with E-state index in [4.69, 9.17) is 0 Å². The molecule has 3 heterocycles. The van der Waals surface area contributed by atoms with E-state index >= 15 is 0 Å². The molecule has 1 amide bonds. The summed E-state index contributed by atoms with van der Waals surface area (Å²) in [6, 6.07) is 3.64. The lowest BCUT2D eigenvalue weighted by atomic mass is 10.2. The lowest BCUT2D eigenvalue weighted by molar-refractivity contribution is 0.0793. The Bertz CT molecular complexity index is 645. The molecule has 0 aromatic carbocycles. The number of likely N-dealkylation sites (tertiary alicyclic amines) is 1.